The third-order valence-corrected chi connectivity index (χ3v) is 8.10. The van der Waals surface area contributed by atoms with Crippen LogP contribution < -0.4 is 20.4 Å². The van der Waals surface area contributed by atoms with Gasteiger partial charge in [0.2, 0.25) is 5.76 Å². The number of piperidine rings is 1. The smallest absolute Gasteiger partial charge is 0.417 e. The number of anilines is 4. The highest BCUT2D eigenvalue weighted by Crippen LogP contribution is 2.36. The molecule has 0 atom stereocenters. The lowest BCUT2D eigenvalue weighted by atomic mass is 9.90. The van der Waals surface area contributed by atoms with Gasteiger partial charge >= 0.3 is 12.2 Å². The SMILES string of the molecule is O=C(Nc1ccc(N2CCN(C(=O)Nc3cccc(F)c3)CC2)nc1)c1oc(N2CCC(c3ccccc3)CC2)nc1C(F)(F)F. The van der Waals surface area contributed by atoms with Crippen LogP contribution in [0.25, 0.3) is 0 Å². The van der Waals surface area contributed by atoms with Crippen LogP contribution in [0.1, 0.15) is 40.6 Å². The zero-order chi connectivity index (χ0) is 32.3. The van der Waals surface area contributed by atoms with Crippen LogP contribution in [0.3, 0.4) is 0 Å². The maximum Gasteiger partial charge on any atom is 0.437 e. The van der Waals surface area contributed by atoms with Crippen molar-refractivity contribution >= 4 is 35.1 Å². The number of carbonyl (C=O) groups is 2. The predicted octanol–water partition coefficient (Wildman–Crippen LogP) is 6.22. The second kappa shape index (κ2) is 13.1. The molecule has 46 heavy (non-hydrogen) atoms. The standard InChI is InChI=1S/C32H31F4N7O3/c33-23-7-4-8-24(19-23)39-30(45)42-17-15-41(16-18-42)26-10-9-25(20-37-26)38-29(44)27-28(32(34,35)36)40-31(46-27)43-13-11-22(12-14-43)21-5-2-1-3-6-21/h1-10,19-20,22H,11-18H2,(H,38,44)(H,39,45). The molecule has 2 fully saturated rings. The minimum absolute atomic E-state index is 0.177. The Morgan fingerprint density at radius 3 is 2.22 bits per heavy atom. The van der Waals surface area contributed by atoms with Gasteiger partial charge in [-0.25, -0.2) is 14.2 Å². The zero-order valence-electron chi connectivity index (χ0n) is 24.6. The number of piperazine rings is 1. The molecular formula is C32H31F4N7O3. The molecule has 2 saturated heterocycles. The number of nitrogens with zero attached hydrogens (tertiary/aromatic N) is 5. The first-order valence-electron chi connectivity index (χ1n) is 14.9. The molecule has 4 aromatic rings. The molecule has 0 bridgehead atoms. The van der Waals surface area contributed by atoms with Crippen LogP contribution in [0.5, 0.6) is 0 Å². The first kappa shape index (κ1) is 30.9. The molecule has 0 saturated carbocycles. The van der Waals surface area contributed by atoms with Crippen molar-refractivity contribution in [3.05, 3.63) is 95.8 Å². The van der Waals surface area contributed by atoms with Gasteiger partial charge in [0, 0.05) is 45.0 Å². The van der Waals surface area contributed by atoms with E-state index >= 15 is 0 Å². The maximum atomic E-state index is 13.9. The molecule has 2 N–H and O–H groups in total. The number of benzene rings is 2. The summed E-state index contributed by atoms with van der Waals surface area (Å²) in [5.41, 5.74) is 0.335. The fourth-order valence-corrected chi connectivity index (χ4v) is 5.66. The molecule has 0 radical (unpaired) electrons. The lowest BCUT2D eigenvalue weighted by molar-refractivity contribution is -0.141. The Kier molecular flexibility index (Phi) is 8.77. The highest BCUT2D eigenvalue weighted by Gasteiger charge is 2.42. The number of rotatable bonds is 6. The zero-order valence-corrected chi connectivity index (χ0v) is 24.6. The molecule has 14 heteroatoms. The molecule has 0 unspecified atom stereocenters. The van der Waals surface area contributed by atoms with Crippen LogP contribution >= 0.6 is 0 Å². The second-order valence-corrected chi connectivity index (χ2v) is 11.1. The molecule has 2 aromatic heterocycles. The van der Waals surface area contributed by atoms with Gasteiger partial charge in [-0.2, -0.15) is 18.2 Å². The molecule has 3 amide bonds. The first-order valence-corrected chi connectivity index (χ1v) is 14.9. The van der Waals surface area contributed by atoms with Gasteiger partial charge in [0.1, 0.15) is 11.6 Å². The van der Waals surface area contributed by atoms with Crippen LogP contribution in [-0.4, -0.2) is 66.1 Å². The van der Waals surface area contributed by atoms with Gasteiger partial charge in [-0.3, -0.25) is 4.79 Å². The van der Waals surface area contributed by atoms with Crippen molar-refractivity contribution < 1.29 is 31.6 Å². The molecular weight excluding hydrogens is 606 g/mol. The van der Waals surface area contributed by atoms with E-state index in [1.165, 1.54) is 36.0 Å². The van der Waals surface area contributed by atoms with Crippen molar-refractivity contribution in [3.63, 3.8) is 0 Å². The monoisotopic (exact) mass is 637 g/mol. The Hall–Kier alpha value is -5.14. The Morgan fingerprint density at radius 2 is 1.57 bits per heavy atom. The maximum absolute atomic E-state index is 13.9. The third-order valence-electron chi connectivity index (χ3n) is 8.10. The quantitative estimate of drug-likeness (QED) is 0.242. The van der Waals surface area contributed by atoms with E-state index < -0.39 is 29.4 Å². The van der Waals surface area contributed by atoms with Crippen LogP contribution in [0.4, 0.5) is 45.6 Å². The van der Waals surface area contributed by atoms with Gasteiger partial charge in [0.15, 0.2) is 5.69 Å². The number of nitrogens with one attached hydrogen (secondary N) is 2. The predicted molar refractivity (Wildman–Crippen MR) is 164 cm³/mol. The number of oxazole rings is 1. The number of pyridine rings is 1. The fraction of sp³-hybridized carbons (Fsp3) is 0.312. The van der Waals surface area contributed by atoms with Crippen LogP contribution in [0.15, 0.2) is 77.3 Å². The largest absolute Gasteiger partial charge is 0.437 e. The molecule has 4 heterocycles. The first-order chi connectivity index (χ1) is 22.1. The van der Waals surface area contributed by atoms with Crippen molar-refractivity contribution in [3.8, 4) is 0 Å². The van der Waals surface area contributed by atoms with Crippen LogP contribution in [0.2, 0.25) is 0 Å². The van der Waals surface area contributed by atoms with E-state index in [0.717, 1.165) is 0 Å². The topological polar surface area (TPSA) is 107 Å². The Bertz CT molecular complexity index is 1670. The Labute approximate surface area is 262 Å². The van der Waals surface area contributed by atoms with Crippen molar-refractivity contribution in [1.82, 2.24) is 14.9 Å². The summed E-state index contributed by atoms with van der Waals surface area (Å²) in [5, 5.41) is 5.11. The van der Waals surface area contributed by atoms with Crippen molar-refractivity contribution in [2.75, 3.05) is 59.7 Å². The summed E-state index contributed by atoms with van der Waals surface area (Å²) >= 11 is 0. The van der Waals surface area contributed by atoms with E-state index in [2.05, 4.69) is 20.6 Å². The summed E-state index contributed by atoms with van der Waals surface area (Å²) in [6.07, 6.45) is -2.13. The summed E-state index contributed by atoms with van der Waals surface area (Å²) in [7, 11) is 0. The molecule has 2 aliphatic heterocycles. The van der Waals surface area contributed by atoms with Gasteiger partial charge in [0.05, 0.1) is 11.9 Å². The second-order valence-electron chi connectivity index (χ2n) is 11.1. The van der Waals surface area contributed by atoms with Crippen molar-refractivity contribution in [2.45, 2.75) is 24.9 Å². The van der Waals surface area contributed by atoms with E-state index in [1.807, 2.05) is 35.2 Å². The van der Waals surface area contributed by atoms with E-state index in [0.29, 0.717) is 63.6 Å². The number of aromatic nitrogens is 2. The molecule has 0 spiro atoms. The number of hydrogen-bond acceptors (Lipinski definition) is 7. The summed E-state index contributed by atoms with van der Waals surface area (Å²) in [6, 6.07) is 18.1. The minimum Gasteiger partial charge on any atom is -0.417 e. The highest BCUT2D eigenvalue weighted by molar-refractivity contribution is 6.03. The molecule has 6 rings (SSSR count). The number of urea groups is 1. The summed E-state index contributed by atoms with van der Waals surface area (Å²) in [6.45, 7) is 2.59. The number of hydrogen-bond donors (Lipinski definition) is 2. The van der Waals surface area contributed by atoms with E-state index in [1.54, 1.807) is 21.9 Å². The van der Waals surface area contributed by atoms with E-state index in [-0.39, 0.29) is 23.7 Å². The summed E-state index contributed by atoms with van der Waals surface area (Å²) in [4.78, 5) is 38.8. The van der Waals surface area contributed by atoms with Crippen LogP contribution in [-0.2, 0) is 6.18 Å². The van der Waals surface area contributed by atoms with Crippen LogP contribution in [0, 0.1) is 5.82 Å². The van der Waals surface area contributed by atoms with Gasteiger partial charge in [0.25, 0.3) is 11.9 Å². The average molecular weight is 638 g/mol. The minimum atomic E-state index is -4.89. The molecule has 240 valence electrons. The van der Waals surface area contributed by atoms with E-state index in [9.17, 15) is 27.2 Å². The van der Waals surface area contributed by atoms with Gasteiger partial charge in [-0.1, -0.05) is 36.4 Å². The van der Waals surface area contributed by atoms with Crippen molar-refractivity contribution in [2.24, 2.45) is 0 Å². The molecule has 10 nitrogen and oxygen atoms in total. The Morgan fingerprint density at radius 1 is 0.826 bits per heavy atom. The lowest BCUT2D eigenvalue weighted by Crippen LogP contribution is -2.50. The van der Waals surface area contributed by atoms with Gasteiger partial charge < -0.3 is 29.8 Å². The lowest BCUT2D eigenvalue weighted by Gasteiger charge is -2.35. The normalized spacial score (nSPS) is 16.0. The average Bonchev–Trinajstić information content (AvgIpc) is 3.53. The number of amides is 3. The summed E-state index contributed by atoms with van der Waals surface area (Å²) < 4.78 is 60.5. The Balaban J connectivity index is 1.05. The fourth-order valence-electron chi connectivity index (χ4n) is 5.66. The number of alkyl halides is 3. The van der Waals surface area contributed by atoms with E-state index in [4.69, 9.17) is 4.42 Å². The number of carbonyl (C=O) groups excluding carboxylic acids is 2. The number of halogens is 4. The summed E-state index contributed by atoms with van der Waals surface area (Å²) in [5.74, 6) is -1.60. The molecule has 2 aliphatic rings. The molecule has 0 aliphatic carbocycles. The van der Waals surface area contributed by atoms with Gasteiger partial charge in [-0.05, 0) is 54.7 Å². The highest BCUT2D eigenvalue weighted by atomic mass is 19.4. The van der Waals surface area contributed by atoms with Crippen molar-refractivity contribution in [1.29, 1.82) is 0 Å². The van der Waals surface area contributed by atoms with Gasteiger partial charge in [-0.15, -0.1) is 0 Å². The third kappa shape index (κ3) is 7.05. The molecule has 2 aromatic carbocycles.